The molecule has 0 spiro atoms. The first kappa shape index (κ1) is 17.9. The Labute approximate surface area is 168 Å². The van der Waals surface area contributed by atoms with E-state index in [9.17, 15) is 8.78 Å². The molecule has 1 aliphatic heterocycles. The average molecular weight is 417 g/mol. The lowest BCUT2D eigenvalue weighted by Gasteiger charge is -2.26. The van der Waals surface area contributed by atoms with Crippen LogP contribution in [0.15, 0.2) is 29.9 Å². The second-order valence-electron chi connectivity index (χ2n) is 7.59. The van der Waals surface area contributed by atoms with Crippen molar-refractivity contribution in [3.8, 4) is 0 Å². The normalized spacial score (nSPS) is 18.9. The molecule has 2 N–H and O–H groups in total. The molecule has 1 atom stereocenters. The van der Waals surface area contributed by atoms with Gasteiger partial charge in [0.15, 0.2) is 11.6 Å². The summed E-state index contributed by atoms with van der Waals surface area (Å²) >= 11 is 2.86. The molecular weight excluding hydrogens is 398 g/mol. The van der Waals surface area contributed by atoms with Gasteiger partial charge in [-0.2, -0.15) is 0 Å². The van der Waals surface area contributed by atoms with Crippen molar-refractivity contribution >= 4 is 54.5 Å². The summed E-state index contributed by atoms with van der Waals surface area (Å²) in [6.07, 6.45) is 2.73. The van der Waals surface area contributed by atoms with Crippen LogP contribution in [0.4, 0.5) is 20.2 Å². The fourth-order valence-electron chi connectivity index (χ4n) is 3.94. The van der Waals surface area contributed by atoms with Gasteiger partial charge in [0.25, 0.3) is 0 Å². The topological polar surface area (TPSA) is 49.8 Å². The van der Waals surface area contributed by atoms with Crippen LogP contribution in [-0.4, -0.2) is 22.1 Å². The number of thiophene rings is 1. The minimum Gasteiger partial charge on any atom is -0.350 e. The van der Waals surface area contributed by atoms with Crippen molar-refractivity contribution in [2.75, 3.05) is 11.9 Å². The zero-order valence-corrected chi connectivity index (χ0v) is 17.0. The first-order valence-corrected chi connectivity index (χ1v) is 10.8. The van der Waals surface area contributed by atoms with Crippen LogP contribution in [0.2, 0.25) is 0 Å². The number of aromatic nitrogens is 2. The maximum Gasteiger partial charge on any atom is 0.176 e. The van der Waals surface area contributed by atoms with E-state index in [4.69, 9.17) is 0 Å². The third-order valence-electron chi connectivity index (χ3n) is 5.46. The van der Waals surface area contributed by atoms with Gasteiger partial charge in [0, 0.05) is 27.9 Å². The smallest absolute Gasteiger partial charge is 0.176 e. The lowest BCUT2D eigenvalue weighted by Crippen LogP contribution is -2.36. The number of anilines is 2. The van der Waals surface area contributed by atoms with E-state index in [1.807, 2.05) is 0 Å². The summed E-state index contributed by atoms with van der Waals surface area (Å²) in [6.45, 7) is 5.39. The molecule has 0 bridgehead atoms. The summed E-state index contributed by atoms with van der Waals surface area (Å²) in [5.74, 6) is -0.909. The van der Waals surface area contributed by atoms with Crippen molar-refractivity contribution in [3.63, 3.8) is 0 Å². The quantitative estimate of drug-likeness (QED) is 0.444. The summed E-state index contributed by atoms with van der Waals surface area (Å²) in [4.78, 5) is 10.6. The monoisotopic (exact) mass is 416 g/mol. The number of hydrogen-bond donors (Lipinski definition) is 2. The highest BCUT2D eigenvalue weighted by molar-refractivity contribution is 7.18. The van der Waals surface area contributed by atoms with E-state index in [-0.39, 0.29) is 16.7 Å². The van der Waals surface area contributed by atoms with Crippen molar-refractivity contribution < 1.29 is 8.78 Å². The zero-order valence-electron chi connectivity index (χ0n) is 15.3. The Morgan fingerprint density at radius 1 is 1.25 bits per heavy atom. The maximum atomic E-state index is 14.8. The number of hydrogen-bond acceptors (Lipinski definition) is 6. The SMILES string of the molecule is CC1(C)NCC[C@@H]1c1cc2c(Nc3c(F)cc4scnc4c3F)ccnc2s1. The van der Waals surface area contributed by atoms with Crippen LogP contribution < -0.4 is 10.6 Å². The standard InChI is InChI=1S/C20H18F2N4S2/c1-20(2)11(3-6-25-20)14-7-10-13(4-5-23-19(10)28-14)26-17-12(21)8-15-18(16(17)22)24-9-27-15/h4-5,7-9,11,25H,3,6H2,1-2H3,(H,23,26)/t11-/m1/s1. The Morgan fingerprint density at radius 2 is 2.11 bits per heavy atom. The number of nitrogens with zero attached hydrogens (tertiary/aromatic N) is 2. The van der Waals surface area contributed by atoms with Crippen molar-refractivity contribution in [1.82, 2.24) is 15.3 Å². The van der Waals surface area contributed by atoms with Crippen molar-refractivity contribution in [3.05, 3.63) is 46.4 Å². The van der Waals surface area contributed by atoms with Crippen LogP contribution in [0.5, 0.6) is 0 Å². The van der Waals surface area contributed by atoms with Gasteiger partial charge in [-0.15, -0.1) is 22.7 Å². The van der Waals surface area contributed by atoms with E-state index in [0.717, 1.165) is 23.2 Å². The van der Waals surface area contributed by atoms with Gasteiger partial charge in [-0.25, -0.2) is 18.7 Å². The number of fused-ring (bicyclic) bond motifs is 2. The van der Waals surface area contributed by atoms with E-state index >= 15 is 0 Å². The predicted molar refractivity (Wildman–Crippen MR) is 112 cm³/mol. The van der Waals surface area contributed by atoms with Gasteiger partial charge in [0.2, 0.25) is 0 Å². The first-order valence-electron chi connectivity index (χ1n) is 9.06. The van der Waals surface area contributed by atoms with E-state index in [2.05, 4.69) is 40.5 Å². The zero-order chi connectivity index (χ0) is 19.5. The molecule has 0 aliphatic carbocycles. The van der Waals surface area contributed by atoms with Gasteiger partial charge in [-0.3, -0.25) is 0 Å². The average Bonchev–Trinajstić information content (AvgIpc) is 3.35. The molecular formula is C20H18F2N4S2. The molecule has 0 unspecified atom stereocenters. The summed E-state index contributed by atoms with van der Waals surface area (Å²) in [7, 11) is 0. The fraction of sp³-hybridized carbons (Fsp3) is 0.300. The van der Waals surface area contributed by atoms with Gasteiger partial charge in [-0.05, 0) is 45.0 Å². The first-order chi connectivity index (χ1) is 13.4. The number of nitrogens with one attached hydrogen (secondary N) is 2. The Hall–Kier alpha value is -2.16. The van der Waals surface area contributed by atoms with Crippen molar-refractivity contribution in [2.45, 2.75) is 31.7 Å². The van der Waals surface area contributed by atoms with Crippen LogP contribution >= 0.6 is 22.7 Å². The summed E-state index contributed by atoms with van der Waals surface area (Å²) in [6, 6.07) is 5.18. The highest BCUT2D eigenvalue weighted by Gasteiger charge is 2.36. The third-order valence-corrected chi connectivity index (χ3v) is 7.39. The molecule has 0 saturated carbocycles. The highest BCUT2D eigenvalue weighted by Crippen LogP contribution is 2.42. The molecule has 1 saturated heterocycles. The molecule has 5 rings (SSSR count). The molecule has 0 radical (unpaired) electrons. The van der Waals surface area contributed by atoms with Crippen LogP contribution in [0.1, 0.15) is 31.1 Å². The van der Waals surface area contributed by atoms with Crippen LogP contribution in [-0.2, 0) is 0 Å². The number of pyridine rings is 1. The van der Waals surface area contributed by atoms with E-state index in [0.29, 0.717) is 16.3 Å². The van der Waals surface area contributed by atoms with Gasteiger partial charge < -0.3 is 10.6 Å². The molecule has 144 valence electrons. The molecule has 8 heteroatoms. The second-order valence-corrected chi connectivity index (χ2v) is 9.54. The second kappa shape index (κ2) is 6.43. The predicted octanol–water partition coefficient (Wildman–Crippen LogP) is 5.78. The molecule has 0 amide bonds. The number of rotatable bonds is 3. The molecule has 1 fully saturated rings. The summed E-state index contributed by atoms with van der Waals surface area (Å²) in [5, 5.41) is 7.37. The van der Waals surface area contributed by atoms with Crippen molar-refractivity contribution in [2.24, 2.45) is 0 Å². The minimum atomic E-state index is -0.669. The molecule has 4 heterocycles. The lowest BCUT2D eigenvalue weighted by atomic mass is 9.88. The maximum absolute atomic E-state index is 14.8. The largest absolute Gasteiger partial charge is 0.350 e. The Morgan fingerprint density at radius 3 is 2.89 bits per heavy atom. The van der Waals surface area contributed by atoms with E-state index < -0.39 is 11.6 Å². The molecule has 1 aromatic carbocycles. The Balaban J connectivity index is 1.59. The van der Waals surface area contributed by atoms with Crippen LogP contribution in [0, 0.1) is 11.6 Å². The molecule has 4 aromatic rings. The molecule has 1 aliphatic rings. The van der Waals surface area contributed by atoms with Crippen molar-refractivity contribution in [1.29, 1.82) is 0 Å². The summed E-state index contributed by atoms with van der Waals surface area (Å²) < 4.78 is 29.9. The molecule has 3 aromatic heterocycles. The van der Waals surface area contributed by atoms with Crippen LogP contribution in [0.3, 0.4) is 0 Å². The lowest BCUT2D eigenvalue weighted by molar-refractivity contribution is 0.415. The Bertz CT molecular complexity index is 1200. The minimum absolute atomic E-state index is 0.0162. The van der Waals surface area contributed by atoms with Gasteiger partial charge >= 0.3 is 0 Å². The number of halogens is 2. The van der Waals surface area contributed by atoms with Crippen LogP contribution in [0.25, 0.3) is 20.4 Å². The molecule has 28 heavy (non-hydrogen) atoms. The fourth-order valence-corrected chi connectivity index (χ4v) is 5.99. The highest BCUT2D eigenvalue weighted by atomic mass is 32.1. The Kier molecular flexibility index (Phi) is 4.12. The van der Waals surface area contributed by atoms with E-state index in [1.54, 1.807) is 23.6 Å². The molecule has 4 nitrogen and oxygen atoms in total. The van der Waals surface area contributed by atoms with Gasteiger partial charge in [0.1, 0.15) is 16.0 Å². The number of benzene rings is 1. The van der Waals surface area contributed by atoms with E-state index in [1.165, 1.54) is 27.8 Å². The number of thiazole rings is 1. The van der Waals surface area contributed by atoms with Gasteiger partial charge in [-0.1, -0.05) is 0 Å². The third kappa shape index (κ3) is 2.78. The van der Waals surface area contributed by atoms with Gasteiger partial charge in [0.05, 0.1) is 15.9 Å². The summed E-state index contributed by atoms with van der Waals surface area (Å²) in [5.41, 5.74) is 2.18.